The quantitative estimate of drug-likeness (QED) is 0.305. The Morgan fingerprint density at radius 1 is 1.04 bits per heavy atom. The van der Waals surface area contributed by atoms with Crippen molar-refractivity contribution in [1.29, 1.82) is 0 Å². The van der Waals surface area contributed by atoms with Crippen molar-refractivity contribution in [3.8, 4) is 11.5 Å². The van der Waals surface area contributed by atoms with Crippen molar-refractivity contribution in [3.63, 3.8) is 0 Å². The molecule has 1 atom stereocenters. The molecule has 0 saturated heterocycles. The van der Waals surface area contributed by atoms with Crippen LogP contribution in [-0.2, 0) is 6.54 Å². The standard InChI is InChI=1S/C20H27N3O3.HI/c1-4-21-20(22-13-15-6-5-7-18(12-15)26-3)23-14-19(24)16-8-10-17(25-2)11-9-16;/h5-12,19,24H,4,13-14H2,1-3H3,(H2,21,22,23);1H. The number of halogens is 1. The van der Waals surface area contributed by atoms with Crippen molar-refractivity contribution in [2.45, 2.75) is 19.6 Å². The number of rotatable bonds is 8. The number of hydrogen-bond acceptors (Lipinski definition) is 4. The number of methoxy groups -OCH3 is 2. The van der Waals surface area contributed by atoms with Crippen LogP contribution in [0, 0.1) is 0 Å². The Balaban J connectivity index is 0.00000364. The molecule has 0 amide bonds. The molecule has 2 rings (SSSR count). The van der Waals surface area contributed by atoms with Gasteiger partial charge in [-0.15, -0.1) is 24.0 Å². The maximum Gasteiger partial charge on any atom is 0.191 e. The van der Waals surface area contributed by atoms with Gasteiger partial charge >= 0.3 is 0 Å². The summed E-state index contributed by atoms with van der Waals surface area (Å²) in [5.41, 5.74) is 1.87. The monoisotopic (exact) mass is 485 g/mol. The molecular formula is C20H28IN3O3. The molecule has 1 unspecified atom stereocenters. The predicted octanol–water partition coefficient (Wildman–Crippen LogP) is 3.11. The number of hydrogen-bond donors (Lipinski definition) is 3. The van der Waals surface area contributed by atoms with Gasteiger partial charge in [-0.05, 0) is 42.3 Å². The van der Waals surface area contributed by atoms with E-state index in [1.54, 1.807) is 14.2 Å². The fraction of sp³-hybridized carbons (Fsp3) is 0.350. The van der Waals surface area contributed by atoms with Crippen LogP contribution >= 0.6 is 24.0 Å². The molecule has 0 aliphatic heterocycles. The van der Waals surface area contributed by atoms with Crippen LogP contribution in [0.25, 0.3) is 0 Å². The first-order chi connectivity index (χ1) is 12.7. The van der Waals surface area contributed by atoms with Gasteiger partial charge in [-0.1, -0.05) is 24.3 Å². The molecule has 0 aliphatic carbocycles. The average Bonchev–Trinajstić information content (AvgIpc) is 2.70. The van der Waals surface area contributed by atoms with Crippen LogP contribution in [0.2, 0.25) is 0 Å². The molecule has 2 aromatic rings. The molecule has 0 radical (unpaired) electrons. The molecule has 0 saturated carbocycles. The van der Waals surface area contributed by atoms with E-state index in [1.807, 2.05) is 55.5 Å². The van der Waals surface area contributed by atoms with Crippen LogP contribution in [0.4, 0.5) is 0 Å². The van der Waals surface area contributed by atoms with E-state index in [0.717, 1.165) is 29.2 Å². The number of aliphatic imine (C=N–C) groups is 1. The first-order valence-corrected chi connectivity index (χ1v) is 8.63. The fourth-order valence-corrected chi connectivity index (χ4v) is 2.42. The number of benzene rings is 2. The molecule has 0 aromatic heterocycles. The SMILES string of the molecule is CCNC(=NCc1cccc(OC)c1)NCC(O)c1ccc(OC)cc1.I. The maximum atomic E-state index is 10.4. The molecule has 6 nitrogen and oxygen atoms in total. The highest BCUT2D eigenvalue weighted by atomic mass is 127. The molecule has 0 heterocycles. The van der Waals surface area contributed by atoms with Crippen LogP contribution < -0.4 is 20.1 Å². The molecule has 7 heteroatoms. The number of nitrogens with one attached hydrogen (secondary N) is 2. The third-order valence-electron chi connectivity index (χ3n) is 3.86. The van der Waals surface area contributed by atoms with Gasteiger partial charge in [-0.2, -0.15) is 0 Å². The normalized spacial score (nSPS) is 11.9. The van der Waals surface area contributed by atoms with Crippen LogP contribution in [0.3, 0.4) is 0 Å². The molecule has 0 fully saturated rings. The van der Waals surface area contributed by atoms with Crippen molar-refractivity contribution >= 4 is 29.9 Å². The minimum Gasteiger partial charge on any atom is -0.497 e. The van der Waals surface area contributed by atoms with Gasteiger partial charge < -0.3 is 25.2 Å². The maximum absolute atomic E-state index is 10.4. The lowest BCUT2D eigenvalue weighted by molar-refractivity contribution is 0.180. The van der Waals surface area contributed by atoms with Gasteiger partial charge in [0.25, 0.3) is 0 Å². The van der Waals surface area contributed by atoms with Crippen LogP contribution in [-0.4, -0.2) is 38.4 Å². The largest absolute Gasteiger partial charge is 0.497 e. The minimum absolute atomic E-state index is 0. The van der Waals surface area contributed by atoms with Gasteiger partial charge in [0, 0.05) is 13.1 Å². The first kappa shape index (κ1) is 23.0. The van der Waals surface area contributed by atoms with Gasteiger partial charge in [-0.3, -0.25) is 0 Å². The summed E-state index contributed by atoms with van der Waals surface area (Å²) in [4.78, 5) is 4.56. The minimum atomic E-state index is -0.637. The number of aliphatic hydroxyl groups is 1. The van der Waals surface area contributed by atoms with Crippen LogP contribution in [0.1, 0.15) is 24.2 Å². The zero-order valence-electron chi connectivity index (χ0n) is 15.9. The molecule has 27 heavy (non-hydrogen) atoms. The summed E-state index contributed by atoms with van der Waals surface area (Å²) in [7, 11) is 3.27. The second kappa shape index (κ2) is 12.4. The highest BCUT2D eigenvalue weighted by Gasteiger charge is 2.08. The van der Waals surface area contributed by atoms with E-state index in [4.69, 9.17) is 9.47 Å². The van der Waals surface area contributed by atoms with E-state index >= 15 is 0 Å². The van der Waals surface area contributed by atoms with Crippen molar-refractivity contribution in [3.05, 3.63) is 59.7 Å². The summed E-state index contributed by atoms with van der Waals surface area (Å²) in [6.07, 6.45) is -0.637. The Bertz CT molecular complexity index is 708. The van der Waals surface area contributed by atoms with E-state index in [1.165, 1.54) is 0 Å². The number of aliphatic hydroxyl groups excluding tert-OH is 1. The van der Waals surface area contributed by atoms with Crippen molar-refractivity contribution in [2.75, 3.05) is 27.3 Å². The van der Waals surface area contributed by atoms with Gasteiger partial charge in [0.1, 0.15) is 11.5 Å². The van der Waals surface area contributed by atoms with E-state index in [2.05, 4.69) is 15.6 Å². The summed E-state index contributed by atoms with van der Waals surface area (Å²) in [6, 6.07) is 15.2. The highest BCUT2D eigenvalue weighted by Crippen LogP contribution is 2.17. The zero-order chi connectivity index (χ0) is 18.8. The summed E-state index contributed by atoms with van der Waals surface area (Å²) in [6.45, 7) is 3.62. The van der Waals surface area contributed by atoms with E-state index in [9.17, 15) is 5.11 Å². The lowest BCUT2D eigenvalue weighted by Gasteiger charge is -2.16. The smallest absolute Gasteiger partial charge is 0.191 e. The number of nitrogens with zero attached hydrogens (tertiary/aromatic N) is 1. The Kier molecular flexibility index (Phi) is 10.6. The van der Waals surface area contributed by atoms with Crippen molar-refractivity contribution in [2.24, 2.45) is 4.99 Å². The fourth-order valence-electron chi connectivity index (χ4n) is 2.42. The molecule has 2 aromatic carbocycles. The Labute approximate surface area is 178 Å². The zero-order valence-corrected chi connectivity index (χ0v) is 18.3. The topological polar surface area (TPSA) is 75.1 Å². The lowest BCUT2D eigenvalue weighted by Crippen LogP contribution is -2.39. The van der Waals surface area contributed by atoms with Gasteiger partial charge in [0.2, 0.25) is 0 Å². The summed E-state index contributed by atoms with van der Waals surface area (Å²) in [5.74, 6) is 2.23. The number of ether oxygens (including phenoxy) is 2. The lowest BCUT2D eigenvalue weighted by atomic mass is 10.1. The van der Waals surface area contributed by atoms with Crippen molar-refractivity contribution < 1.29 is 14.6 Å². The molecule has 0 aliphatic rings. The second-order valence-corrected chi connectivity index (χ2v) is 5.72. The van der Waals surface area contributed by atoms with E-state index in [-0.39, 0.29) is 24.0 Å². The summed E-state index contributed by atoms with van der Waals surface area (Å²) >= 11 is 0. The molecule has 0 spiro atoms. The number of guanidine groups is 1. The predicted molar refractivity (Wildman–Crippen MR) is 119 cm³/mol. The van der Waals surface area contributed by atoms with Crippen molar-refractivity contribution in [1.82, 2.24) is 10.6 Å². The molecular weight excluding hydrogens is 457 g/mol. The molecule has 3 N–H and O–H groups in total. The van der Waals surface area contributed by atoms with E-state index in [0.29, 0.717) is 19.0 Å². The Morgan fingerprint density at radius 3 is 2.37 bits per heavy atom. The molecule has 148 valence electrons. The highest BCUT2D eigenvalue weighted by molar-refractivity contribution is 14.0. The van der Waals surface area contributed by atoms with Gasteiger partial charge in [0.05, 0.1) is 26.9 Å². The molecule has 0 bridgehead atoms. The average molecular weight is 485 g/mol. The van der Waals surface area contributed by atoms with Crippen LogP contribution in [0.15, 0.2) is 53.5 Å². The van der Waals surface area contributed by atoms with Crippen LogP contribution in [0.5, 0.6) is 11.5 Å². The second-order valence-electron chi connectivity index (χ2n) is 5.72. The van der Waals surface area contributed by atoms with Gasteiger partial charge in [-0.25, -0.2) is 4.99 Å². The third-order valence-corrected chi connectivity index (χ3v) is 3.86. The Morgan fingerprint density at radius 2 is 1.74 bits per heavy atom. The first-order valence-electron chi connectivity index (χ1n) is 8.63. The Hall–Kier alpha value is -2.00. The van der Waals surface area contributed by atoms with Gasteiger partial charge in [0.15, 0.2) is 5.96 Å². The van der Waals surface area contributed by atoms with E-state index < -0.39 is 6.10 Å². The summed E-state index contributed by atoms with van der Waals surface area (Å²) in [5, 5.41) is 16.7. The summed E-state index contributed by atoms with van der Waals surface area (Å²) < 4.78 is 10.4. The third kappa shape index (κ3) is 7.64.